The van der Waals surface area contributed by atoms with Gasteiger partial charge in [-0.05, 0) is 19.1 Å². The van der Waals surface area contributed by atoms with Crippen LogP contribution in [0.1, 0.15) is 5.76 Å². The Balaban J connectivity index is 2.55. The fourth-order valence-electron chi connectivity index (χ4n) is 1.43. The third-order valence-corrected chi connectivity index (χ3v) is 3.21. The number of rotatable bonds is 2. The molecular weight excluding hydrogens is 226 g/mol. The van der Waals surface area contributed by atoms with E-state index in [9.17, 15) is 8.42 Å². The van der Waals surface area contributed by atoms with E-state index in [1.165, 1.54) is 0 Å². The zero-order valence-electron chi connectivity index (χ0n) is 8.97. The summed E-state index contributed by atoms with van der Waals surface area (Å²) in [6.07, 6.45) is 1.12. The normalized spacial score (nSPS) is 11.6. The number of aromatic nitrogens is 1. The minimum atomic E-state index is -3.33. The molecule has 0 fully saturated rings. The highest BCUT2D eigenvalue weighted by atomic mass is 32.2. The van der Waals surface area contributed by atoms with Gasteiger partial charge in [0.25, 0.3) is 0 Å². The van der Waals surface area contributed by atoms with E-state index in [4.69, 9.17) is 4.42 Å². The Morgan fingerprint density at radius 2 is 1.81 bits per heavy atom. The number of nitrogens with zero attached hydrogens (tertiary/aromatic N) is 1. The van der Waals surface area contributed by atoms with E-state index in [0.29, 0.717) is 11.7 Å². The van der Waals surface area contributed by atoms with Gasteiger partial charge in [-0.25, -0.2) is 8.42 Å². The van der Waals surface area contributed by atoms with Gasteiger partial charge in [-0.2, -0.15) is 4.98 Å². The molecule has 2 aromatic rings. The van der Waals surface area contributed by atoms with E-state index in [2.05, 4.69) is 4.98 Å². The molecule has 1 heterocycles. The topological polar surface area (TPSA) is 60.2 Å². The fourth-order valence-corrected chi connectivity index (χ4v) is 2.24. The maximum absolute atomic E-state index is 11.4. The molecule has 0 unspecified atom stereocenters. The Morgan fingerprint density at radius 3 is 2.31 bits per heavy atom. The fraction of sp³-hybridized carbons (Fsp3) is 0.182. The highest BCUT2D eigenvalue weighted by Crippen LogP contribution is 2.23. The molecule has 1 aromatic heterocycles. The summed E-state index contributed by atoms with van der Waals surface area (Å²) in [5.74, 6) is 0.653. The highest BCUT2D eigenvalue weighted by molar-refractivity contribution is 7.90. The summed E-state index contributed by atoms with van der Waals surface area (Å²) < 4.78 is 28.1. The monoisotopic (exact) mass is 237 g/mol. The minimum absolute atomic E-state index is 0.00588. The summed E-state index contributed by atoms with van der Waals surface area (Å²) in [5, 5.41) is 0.00588. The maximum Gasteiger partial charge on any atom is 0.227 e. The van der Waals surface area contributed by atoms with Crippen molar-refractivity contribution < 1.29 is 12.8 Å². The second-order valence-electron chi connectivity index (χ2n) is 3.52. The third-order valence-electron chi connectivity index (χ3n) is 2.13. The highest BCUT2D eigenvalue weighted by Gasteiger charge is 2.19. The number of oxazole rings is 1. The van der Waals surface area contributed by atoms with E-state index in [-0.39, 0.29) is 5.03 Å². The Hall–Kier alpha value is -1.62. The minimum Gasteiger partial charge on any atom is -0.440 e. The Bertz CT molecular complexity index is 599. The molecule has 1 aromatic carbocycles. The first-order valence-electron chi connectivity index (χ1n) is 4.71. The smallest absolute Gasteiger partial charge is 0.227 e. The molecule has 0 atom stereocenters. The molecule has 0 saturated carbocycles. The van der Waals surface area contributed by atoms with Crippen LogP contribution >= 0.6 is 0 Å². The van der Waals surface area contributed by atoms with E-state index in [1.54, 1.807) is 6.92 Å². The summed E-state index contributed by atoms with van der Waals surface area (Å²) >= 11 is 0. The standard InChI is InChI=1S/C11H11NO3S/c1-8-11(16(2,13)14)12-10(15-8)9-6-4-3-5-7-9/h3-7H,1-2H3. The van der Waals surface area contributed by atoms with Crippen LogP contribution in [0.4, 0.5) is 0 Å². The molecule has 5 heteroatoms. The quantitative estimate of drug-likeness (QED) is 0.802. The SMILES string of the molecule is Cc1oc(-c2ccccc2)nc1S(C)(=O)=O. The Morgan fingerprint density at radius 1 is 1.19 bits per heavy atom. The lowest BCUT2D eigenvalue weighted by Crippen LogP contribution is -1.99. The van der Waals surface area contributed by atoms with Crippen LogP contribution in [-0.4, -0.2) is 19.7 Å². The van der Waals surface area contributed by atoms with Gasteiger partial charge >= 0.3 is 0 Å². The molecule has 0 aliphatic heterocycles. The van der Waals surface area contributed by atoms with Crippen molar-refractivity contribution in [3.05, 3.63) is 36.1 Å². The molecule has 16 heavy (non-hydrogen) atoms. The van der Waals surface area contributed by atoms with Gasteiger partial charge in [-0.1, -0.05) is 18.2 Å². The lowest BCUT2D eigenvalue weighted by Gasteiger charge is -1.92. The van der Waals surface area contributed by atoms with E-state index >= 15 is 0 Å². The first kappa shape index (κ1) is 10.9. The van der Waals surface area contributed by atoms with Gasteiger partial charge < -0.3 is 4.42 Å². The van der Waals surface area contributed by atoms with Crippen LogP contribution < -0.4 is 0 Å². The van der Waals surface area contributed by atoms with Crippen molar-refractivity contribution in [3.63, 3.8) is 0 Å². The largest absolute Gasteiger partial charge is 0.440 e. The summed E-state index contributed by atoms with van der Waals surface area (Å²) in [7, 11) is -3.33. The van der Waals surface area contributed by atoms with Gasteiger partial charge in [-0.3, -0.25) is 0 Å². The van der Waals surface area contributed by atoms with Gasteiger partial charge in [0.05, 0.1) is 0 Å². The zero-order chi connectivity index (χ0) is 11.8. The molecule has 4 nitrogen and oxygen atoms in total. The lowest BCUT2D eigenvalue weighted by molar-refractivity contribution is 0.534. The predicted molar refractivity (Wildman–Crippen MR) is 59.8 cm³/mol. The first-order valence-corrected chi connectivity index (χ1v) is 6.60. The van der Waals surface area contributed by atoms with Gasteiger partial charge in [0.2, 0.25) is 5.89 Å². The molecule has 0 spiro atoms. The molecule has 0 aliphatic rings. The molecule has 0 amide bonds. The second kappa shape index (κ2) is 3.75. The predicted octanol–water partition coefficient (Wildman–Crippen LogP) is 2.05. The molecule has 0 bridgehead atoms. The molecule has 0 saturated heterocycles. The third kappa shape index (κ3) is 1.99. The van der Waals surface area contributed by atoms with Gasteiger partial charge in [0.1, 0.15) is 5.76 Å². The second-order valence-corrected chi connectivity index (χ2v) is 5.45. The molecule has 84 valence electrons. The average Bonchev–Trinajstić information content (AvgIpc) is 2.61. The van der Waals surface area contributed by atoms with Crippen molar-refractivity contribution in [3.8, 4) is 11.5 Å². The number of hydrogen-bond donors (Lipinski definition) is 0. The van der Waals surface area contributed by atoms with Crippen molar-refractivity contribution in [2.75, 3.05) is 6.26 Å². The lowest BCUT2D eigenvalue weighted by atomic mass is 10.2. The van der Waals surface area contributed by atoms with Crippen molar-refractivity contribution in [2.24, 2.45) is 0 Å². The molecular formula is C11H11NO3S. The number of benzene rings is 1. The summed E-state index contributed by atoms with van der Waals surface area (Å²) in [4.78, 5) is 4.00. The van der Waals surface area contributed by atoms with Crippen LogP contribution in [0.25, 0.3) is 11.5 Å². The summed E-state index contributed by atoms with van der Waals surface area (Å²) in [6.45, 7) is 1.59. The number of sulfone groups is 1. The number of aryl methyl sites for hydroxylation is 1. The van der Waals surface area contributed by atoms with Gasteiger partial charge in [0, 0.05) is 11.8 Å². The van der Waals surface area contributed by atoms with Crippen molar-refractivity contribution in [1.82, 2.24) is 4.98 Å². The van der Waals surface area contributed by atoms with Crippen LogP contribution in [0.15, 0.2) is 39.8 Å². The van der Waals surface area contributed by atoms with E-state index in [1.807, 2.05) is 30.3 Å². The van der Waals surface area contributed by atoms with E-state index < -0.39 is 9.84 Å². The van der Waals surface area contributed by atoms with Crippen LogP contribution in [0, 0.1) is 6.92 Å². The van der Waals surface area contributed by atoms with Crippen LogP contribution in [0.2, 0.25) is 0 Å². The van der Waals surface area contributed by atoms with Crippen molar-refractivity contribution in [1.29, 1.82) is 0 Å². The Labute approximate surface area is 93.9 Å². The van der Waals surface area contributed by atoms with Gasteiger partial charge in [0.15, 0.2) is 14.9 Å². The molecule has 0 aliphatic carbocycles. The number of hydrogen-bond acceptors (Lipinski definition) is 4. The average molecular weight is 237 g/mol. The maximum atomic E-state index is 11.4. The Kier molecular flexibility index (Phi) is 2.55. The molecule has 0 N–H and O–H groups in total. The summed E-state index contributed by atoms with van der Waals surface area (Å²) in [6, 6.07) is 9.19. The van der Waals surface area contributed by atoms with E-state index in [0.717, 1.165) is 11.8 Å². The van der Waals surface area contributed by atoms with Crippen LogP contribution in [0.3, 0.4) is 0 Å². The van der Waals surface area contributed by atoms with Crippen LogP contribution in [0.5, 0.6) is 0 Å². The van der Waals surface area contributed by atoms with Crippen molar-refractivity contribution in [2.45, 2.75) is 11.9 Å². The molecule has 2 rings (SSSR count). The van der Waals surface area contributed by atoms with Crippen LogP contribution in [-0.2, 0) is 9.84 Å². The van der Waals surface area contributed by atoms with Crippen molar-refractivity contribution >= 4 is 9.84 Å². The van der Waals surface area contributed by atoms with Gasteiger partial charge in [-0.15, -0.1) is 0 Å². The first-order chi connectivity index (χ1) is 7.48. The molecule has 0 radical (unpaired) electrons. The summed E-state index contributed by atoms with van der Waals surface area (Å²) in [5.41, 5.74) is 0.764. The zero-order valence-corrected chi connectivity index (χ0v) is 9.78.